The van der Waals surface area contributed by atoms with Crippen LogP contribution in [0.25, 0.3) is 0 Å². The summed E-state index contributed by atoms with van der Waals surface area (Å²) in [5, 5.41) is 28.1. The number of hydrogen-bond donors (Lipinski definition) is 3. The van der Waals surface area contributed by atoms with Gasteiger partial charge >= 0.3 is 5.97 Å². The zero-order valence-corrected chi connectivity index (χ0v) is 12.1. The van der Waals surface area contributed by atoms with E-state index in [2.05, 4.69) is 4.74 Å². The van der Waals surface area contributed by atoms with Crippen LogP contribution in [-0.2, 0) is 9.53 Å². The van der Waals surface area contributed by atoms with Gasteiger partial charge in [0, 0.05) is 13.1 Å². The highest BCUT2D eigenvalue weighted by Crippen LogP contribution is 2.05. The Hall–Kier alpha value is -0.690. The Bertz CT molecular complexity index is 235. The number of ether oxygens (including phenoxy) is 1. The van der Waals surface area contributed by atoms with Crippen LogP contribution in [0.5, 0.6) is 0 Å². The van der Waals surface area contributed by atoms with Gasteiger partial charge in [-0.05, 0) is 39.7 Å². The summed E-state index contributed by atoms with van der Waals surface area (Å²) in [6.07, 6.45) is -0.116. The predicted octanol–water partition coefficient (Wildman–Crippen LogP) is -0.246. The van der Waals surface area contributed by atoms with Crippen LogP contribution in [0, 0.1) is 0 Å². The second-order valence-corrected chi connectivity index (χ2v) is 4.99. The molecule has 0 spiro atoms. The van der Waals surface area contributed by atoms with E-state index in [1.807, 2.05) is 4.90 Å². The molecule has 6 nitrogen and oxygen atoms in total. The van der Waals surface area contributed by atoms with Gasteiger partial charge in [-0.3, -0.25) is 4.90 Å². The molecule has 0 fully saturated rings. The van der Waals surface area contributed by atoms with Crippen molar-refractivity contribution < 1.29 is 24.9 Å². The van der Waals surface area contributed by atoms with Gasteiger partial charge < -0.3 is 20.1 Å². The number of carbonyl (C=O) groups is 1. The third-order valence-corrected chi connectivity index (χ3v) is 2.72. The van der Waals surface area contributed by atoms with Crippen LogP contribution in [0.15, 0.2) is 0 Å². The lowest BCUT2D eigenvalue weighted by atomic mass is 10.1. The maximum atomic E-state index is 11.0. The number of rotatable bonds is 10. The summed E-state index contributed by atoms with van der Waals surface area (Å²) in [5.41, 5.74) is 0. The Balaban J connectivity index is 3.88. The lowest BCUT2D eigenvalue weighted by Gasteiger charge is -2.25. The summed E-state index contributed by atoms with van der Waals surface area (Å²) in [6, 6.07) is 0. The number of unbranched alkanes of at least 4 members (excludes halogenated alkanes) is 1. The van der Waals surface area contributed by atoms with Gasteiger partial charge in [-0.1, -0.05) is 0 Å². The summed E-state index contributed by atoms with van der Waals surface area (Å²) < 4.78 is 4.43. The number of aliphatic hydroxyl groups excluding tert-OH is 3. The topological polar surface area (TPSA) is 90.2 Å². The summed E-state index contributed by atoms with van der Waals surface area (Å²) in [5.74, 6) is -0.607. The molecule has 0 rings (SSSR count). The molecule has 0 amide bonds. The van der Waals surface area contributed by atoms with Crippen molar-refractivity contribution in [3.05, 3.63) is 0 Å². The van der Waals surface area contributed by atoms with E-state index in [4.69, 9.17) is 0 Å². The monoisotopic (exact) mass is 277 g/mol. The average molecular weight is 277 g/mol. The van der Waals surface area contributed by atoms with Crippen LogP contribution >= 0.6 is 0 Å². The van der Waals surface area contributed by atoms with Crippen molar-refractivity contribution in [1.29, 1.82) is 0 Å². The van der Waals surface area contributed by atoms with Gasteiger partial charge in [0.2, 0.25) is 0 Å². The fourth-order valence-electron chi connectivity index (χ4n) is 1.93. The molecule has 0 bridgehead atoms. The molecule has 3 unspecified atom stereocenters. The number of esters is 1. The molecule has 0 aromatic rings. The minimum absolute atomic E-state index is 0.365. The summed E-state index contributed by atoms with van der Waals surface area (Å²) in [4.78, 5) is 13.0. The van der Waals surface area contributed by atoms with Crippen molar-refractivity contribution in [2.45, 2.75) is 51.4 Å². The number of methoxy groups -OCH3 is 1. The van der Waals surface area contributed by atoms with Gasteiger partial charge in [0.05, 0.1) is 19.3 Å². The van der Waals surface area contributed by atoms with Gasteiger partial charge in [0.25, 0.3) is 0 Å². The van der Waals surface area contributed by atoms with E-state index in [0.717, 1.165) is 6.42 Å². The van der Waals surface area contributed by atoms with Crippen molar-refractivity contribution in [3.8, 4) is 0 Å². The first-order chi connectivity index (χ1) is 8.86. The Morgan fingerprint density at radius 2 is 1.63 bits per heavy atom. The lowest BCUT2D eigenvalue weighted by molar-refractivity contribution is -0.150. The molecule has 0 aromatic carbocycles. The van der Waals surface area contributed by atoms with Crippen molar-refractivity contribution >= 4 is 5.97 Å². The van der Waals surface area contributed by atoms with Gasteiger partial charge in [0.1, 0.15) is 0 Å². The molecule has 0 aliphatic heterocycles. The minimum Gasteiger partial charge on any atom is -0.467 e. The van der Waals surface area contributed by atoms with E-state index >= 15 is 0 Å². The molecule has 3 atom stereocenters. The molecule has 0 saturated heterocycles. The average Bonchev–Trinajstić information content (AvgIpc) is 2.31. The fraction of sp³-hybridized carbons (Fsp3) is 0.923. The van der Waals surface area contributed by atoms with E-state index in [0.29, 0.717) is 32.5 Å². The van der Waals surface area contributed by atoms with E-state index in [1.54, 1.807) is 13.8 Å². The first-order valence-electron chi connectivity index (χ1n) is 6.71. The largest absolute Gasteiger partial charge is 0.467 e. The molecule has 0 aliphatic carbocycles. The van der Waals surface area contributed by atoms with Crippen LogP contribution in [0.1, 0.15) is 33.1 Å². The first-order valence-corrected chi connectivity index (χ1v) is 6.71. The number of hydrogen-bond acceptors (Lipinski definition) is 6. The molecule has 19 heavy (non-hydrogen) atoms. The SMILES string of the molecule is COC(=O)C(O)CCCCN(CC(C)O)CC(C)O. The lowest BCUT2D eigenvalue weighted by Crippen LogP contribution is -2.37. The Morgan fingerprint density at radius 1 is 1.11 bits per heavy atom. The van der Waals surface area contributed by atoms with Crippen LogP contribution in [0.3, 0.4) is 0 Å². The van der Waals surface area contributed by atoms with Crippen molar-refractivity contribution in [1.82, 2.24) is 4.90 Å². The predicted molar refractivity (Wildman–Crippen MR) is 71.7 cm³/mol. The van der Waals surface area contributed by atoms with Gasteiger partial charge in [-0.15, -0.1) is 0 Å². The van der Waals surface area contributed by atoms with Crippen molar-refractivity contribution in [2.75, 3.05) is 26.7 Å². The fourth-order valence-corrected chi connectivity index (χ4v) is 1.93. The third kappa shape index (κ3) is 9.84. The van der Waals surface area contributed by atoms with Gasteiger partial charge in [-0.25, -0.2) is 4.79 Å². The second-order valence-electron chi connectivity index (χ2n) is 4.99. The van der Waals surface area contributed by atoms with Crippen LogP contribution < -0.4 is 0 Å². The number of aliphatic hydroxyl groups is 3. The van der Waals surface area contributed by atoms with E-state index < -0.39 is 24.3 Å². The maximum Gasteiger partial charge on any atom is 0.334 e. The first kappa shape index (κ1) is 18.3. The summed E-state index contributed by atoms with van der Waals surface area (Å²) in [7, 11) is 1.25. The molecule has 0 saturated carbocycles. The van der Waals surface area contributed by atoms with E-state index in [-0.39, 0.29) is 0 Å². The number of nitrogens with zero attached hydrogens (tertiary/aromatic N) is 1. The van der Waals surface area contributed by atoms with Crippen molar-refractivity contribution in [3.63, 3.8) is 0 Å². The van der Waals surface area contributed by atoms with E-state index in [1.165, 1.54) is 7.11 Å². The zero-order chi connectivity index (χ0) is 14.8. The highest BCUT2D eigenvalue weighted by molar-refractivity contribution is 5.74. The molecule has 0 aliphatic rings. The zero-order valence-electron chi connectivity index (χ0n) is 12.1. The van der Waals surface area contributed by atoms with Crippen LogP contribution in [-0.4, -0.2) is 71.2 Å². The highest BCUT2D eigenvalue weighted by atomic mass is 16.5. The molecule has 0 aromatic heterocycles. The van der Waals surface area contributed by atoms with Crippen molar-refractivity contribution in [2.24, 2.45) is 0 Å². The van der Waals surface area contributed by atoms with E-state index in [9.17, 15) is 20.1 Å². The smallest absolute Gasteiger partial charge is 0.334 e. The minimum atomic E-state index is -1.06. The van der Waals surface area contributed by atoms with Crippen LogP contribution in [0.2, 0.25) is 0 Å². The molecular weight excluding hydrogens is 250 g/mol. The maximum absolute atomic E-state index is 11.0. The molecule has 0 radical (unpaired) electrons. The van der Waals surface area contributed by atoms with Crippen LogP contribution in [0.4, 0.5) is 0 Å². The van der Waals surface area contributed by atoms with Gasteiger partial charge in [-0.2, -0.15) is 0 Å². The third-order valence-electron chi connectivity index (χ3n) is 2.72. The standard InChI is InChI=1S/C13H27NO5/c1-10(15)8-14(9-11(2)16)7-5-4-6-12(17)13(18)19-3/h10-12,15-17H,4-9H2,1-3H3. The molecular formula is C13H27NO5. The summed E-state index contributed by atoms with van der Waals surface area (Å²) >= 11 is 0. The number of carbonyl (C=O) groups excluding carboxylic acids is 1. The Morgan fingerprint density at radius 3 is 2.05 bits per heavy atom. The Labute approximate surface area is 115 Å². The molecule has 3 N–H and O–H groups in total. The normalized spacial score (nSPS) is 16.2. The quantitative estimate of drug-likeness (QED) is 0.377. The Kier molecular flexibility index (Phi) is 9.77. The molecule has 114 valence electrons. The molecule has 6 heteroatoms. The highest BCUT2D eigenvalue weighted by Gasteiger charge is 2.15. The van der Waals surface area contributed by atoms with Gasteiger partial charge in [0.15, 0.2) is 6.10 Å². The molecule has 0 heterocycles. The summed E-state index contributed by atoms with van der Waals surface area (Å²) in [6.45, 7) is 5.13. The second kappa shape index (κ2) is 10.1.